The first-order valence-electron chi connectivity index (χ1n) is 5.58. The predicted molar refractivity (Wildman–Crippen MR) is 63.7 cm³/mol. The SMILES string of the molecule is CN(c1cnc(C(=N)N)cn1)C1CCCC1. The molecule has 1 aliphatic carbocycles. The largest absolute Gasteiger partial charge is 0.382 e. The molecule has 86 valence electrons. The minimum Gasteiger partial charge on any atom is -0.382 e. The van der Waals surface area contributed by atoms with Crippen LogP contribution in [0.3, 0.4) is 0 Å². The summed E-state index contributed by atoms with van der Waals surface area (Å²) < 4.78 is 0. The standard InChI is InChI=1S/C11H17N5/c1-16(8-4-2-3-5-8)10-7-14-9(6-15-10)11(12)13/h6-8H,2-5H2,1H3,(H3,12,13). The second-order valence-corrected chi connectivity index (χ2v) is 4.22. The summed E-state index contributed by atoms with van der Waals surface area (Å²) in [5, 5.41) is 7.24. The van der Waals surface area contributed by atoms with E-state index in [9.17, 15) is 0 Å². The number of hydrogen-bond donors (Lipinski definition) is 2. The lowest BCUT2D eigenvalue weighted by molar-refractivity contribution is 0.645. The molecule has 1 fully saturated rings. The van der Waals surface area contributed by atoms with Crippen LogP contribution in [0.4, 0.5) is 5.82 Å². The number of amidine groups is 1. The fraction of sp³-hybridized carbons (Fsp3) is 0.545. The molecule has 0 atom stereocenters. The number of anilines is 1. The maximum Gasteiger partial charge on any atom is 0.147 e. The van der Waals surface area contributed by atoms with Gasteiger partial charge in [-0.1, -0.05) is 12.8 Å². The molecule has 1 heterocycles. The zero-order valence-corrected chi connectivity index (χ0v) is 9.48. The van der Waals surface area contributed by atoms with Crippen LogP contribution >= 0.6 is 0 Å². The third kappa shape index (κ3) is 2.13. The minimum atomic E-state index is -0.0393. The predicted octanol–water partition coefficient (Wildman–Crippen LogP) is 1.14. The second kappa shape index (κ2) is 4.47. The number of nitrogens with one attached hydrogen (secondary N) is 1. The summed E-state index contributed by atoms with van der Waals surface area (Å²) in [5.74, 6) is 0.819. The van der Waals surface area contributed by atoms with Gasteiger partial charge in [0, 0.05) is 13.1 Å². The Morgan fingerprint density at radius 2 is 2.06 bits per heavy atom. The highest BCUT2D eigenvalue weighted by atomic mass is 15.2. The lowest BCUT2D eigenvalue weighted by Crippen LogP contribution is -2.29. The van der Waals surface area contributed by atoms with E-state index in [0.717, 1.165) is 5.82 Å². The number of aromatic nitrogens is 2. The fourth-order valence-electron chi connectivity index (χ4n) is 2.12. The van der Waals surface area contributed by atoms with Gasteiger partial charge in [0.2, 0.25) is 0 Å². The lowest BCUT2D eigenvalue weighted by Gasteiger charge is -2.24. The average Bonchev–Trinajstić information content (AvgIpc) is 2.81. The Bertz CT molecular complexity index is 366. The third-order valence-electron chi connectivity index (χ3n) is 3.15. The summed E-state index contributed by atoms with van der Waals surface area (Å²) in [5.41, 5.74) is 5.76. The lowest BCUT2D eigenvalue weighted by atomic mass is 10.2. The van der Waals surface area contributed by atoms with Crippen molar-refractivity contribution in [3.63, 3.8) is 0 Å². The molecule has 0 radical (unpaired) electrons. The maximum atomic E-state index is 7.24. The quantitative estimate of drug-likeness (QED) is 0.590. The Hall–Kier alpha value is -1.65. The molecule has 1 aliphatic rings. The molecule has 1 aromatic rings. The zero-order valence-electron chi connectivity index (χ0n) is 9.48. The van der Waals surface area contributed by atoms with Gasteiger partial charge in [-0.15, -0.1) is 0 Å². The summed E-state index contributed by atoms with van der Waals surface area (Å²) in [7, 11) is 2.05. The molecule has 0 spiro atoms. The van der Waals surface area contributed by atoms with Gasteiger partial charge in [-0.05, 0) is 12.8 Å². The highest BCUT2D eigenvalue weighted by Gasteiger charge is 2.20. The van der Waals surface area contributed by atoms with Gasteiger partial charge >= 0.3 is 0 Å². The Morgan fingerprint density at radius 3 is 2.56 bits per heavy atom. The van der Waals surface area contributed by atoms with E-state index in [1.807, 2.05) is 7.05 Å². The number of nitrogens with two attached hydrogens (primary N) is 1. The van der Waals surface area contributed by atoms with Crippen LogP contribution in [-0.4, -0.2) is 28.9 Å². The van der Waals surface area contributed by atoms with E-state index in [-0.39, 0.29) is 5.84 Å². The maximum absolute atomic E-state index is 7.24. The number of hydrogen-bond acceptors (Lipinski definition) is 4. The van der Waals surface area contributed by atoms with E-state index in [1.165, 1.54) is 25.7 Å². The molecule has 1 aromatic heterocycles. The van der Waals surface area contributed by atoms with E-state index in [4.69, 9.17) is 11.1 Å². The first-order chi connectivity index (χ1) is 7.68. The highest BCUT2D eigenvalue weighted by Crippen LogP contribution is 2.25. The van der Waals surface area contributed by atoms with Crippen molar-refractivity contribution in [2.24, 2.45) is 5.73 Å². The topological polar surface area (TPSA) is 78.9 Å². The minimum absolute atomic E-state index is 0.0393. The summed E-state index contributed by atoms with van der Waals surface area (Å²) >= 11 is 0. The zero-order chi connectivity index (χ0) is 11.5. The van der Waals surface area contributed by atoms with Crippen molar-refractivity contribution in [2.45, 2.75) is 31.7 Å². The van der Waals surface area contributed by atoms with Crippen molar-refractivity contribution in [3.8, 4) is 0 Å². The molecule has 0 amide bonds. The van der Waals surface area contributed by atoms with Gasteiger partial charge in [0.05, 0.1) is 12.4 Å². The number of nitrogens with zero attached hydrogens (tertiary/aromatic N) is 3. The van der Waals surface area contributed by atoms with Gasteiger partial charge in [-0.2, -0.15) is 0 Å². The number of rotatable bonds is 3. The van der Waals surface area contributed by atoms with E-state index in [0.29, 0.717) is 11.7 Å². The Balaban J connectivity index is 2.11. The van der Waals surface area contributed by atoms with Crippen molar-refractivity contribution in [1.29, 1.82) is 5.41 Å². The summed E-state index contributed by atoms with van der Waals surface area (Å²) in [6.45, 7) is 0. The molecule has 0 bridgehead atoms. The van der Waals surface area contributed by atoms with Gasteiger partial charge < -0.3 is 10.6 Å². The van der Waals surface area contributed by atoms with Crippen LogP contribution in [-0.2, 0) is 0 Å². The normalized spacial score (nSPS) is 16.3. The van der Waals surface area contributed by atoms with Crippen molar-refractivity contribution < 1.29 is 0 Å². The van der Waals surface area contributed by atoms with E-state index in [1.54, 1.807) is 12.4 Å². The van der Waals surface area contributed by atoms with Gasteiger partial charge in [0.15, 0.2) is 0 Å². The first-order valence-corrected chi connectivity index (χ1v) is 5.58. The molecule has 2 rings (SSSR count). The average molecular weight is 219 g/mol. The molecule has 16 heavy (non-hydrogen) atoms. The van der Waals surface area contributed by atoms with Crippen molar-refractivity contribution in [1.82, 2.24) is 9.97 Å². The van der Waals surface area contributed by atoms with E-state index < -0.39 is 0 Å². The molecule has 0 saturated heterocycles. The Labute approximate surface area is 95.2 Å². The summed E-state index contributed by atoms with van der Waals surface area (Å²) in [4.78, 5) is 10.6. The first kappa shape index (κ1) is 10.9. The number of nitrogen functional groups attached to an aromatic ring is 1. The van der Waals surface area contributed by atoms with Crippen LogP contribution in [0.1, 0.15) is 31.4 Å². The molecule has 3 N–H and O–H groups in total. The summed E-state index contributed by atoms with van der Waals surface area (Å²) in [6, 6.07) is 0.581. The van der Waals surface area contributed by atoms with Crippen LogP contribution < -0.4 is 10.6 Å². The fourth-order valence-corrected chi connectivity index (χ4v) is 2.12. The van der Waals surface area contributed by atoms with Crippen molar-refractivity contribution >= 4 is 11.7 Å². The van der Waals surface area contributed by atoms with E-state index in [2.05, 4.69) is 14.9 Å². The second-order valence-electron chi connectivity index (χ2n) is 4.22. The molecule has 5 heteroatoms. The van der Waals surface area contributed by atoms with Gasteiger partial charge in [0.1, 0.15) is 17.3 Å². The molecule has 0 aromatic carbocycles. The molecule has 0 aliphatic heterocycles. The molecule has 0 unspecified atom stereocenters. The van der Waals surface area contributed by atoms with Crippen LogP contribution in [0.2, 0.25) is 0 Å². The van der Waals surface area contributed by atoms with Crippen LogP contribution in [0.5, 0.6) is 0 Å². The highest BCUT2D eigenvalue weighted by molar-refractivity contribution is 5.92. The van der Waals surface area contributed by atoms with Crippen molar-refractivity contribution in [2.75, 3.05) is 11.9 Å². The van der Waals surface area contributed by atoms with Gasteiger partial charge in [-0.3, -0.25) is 5.41 Å². The monoisotopic (exact) mass is 219 g/mol. The van der Waals surface area contributed by atoms with Gasteiger partial charge in [0.25, 0.3) is 0 Å². The molecule has 1 saturated carbocycles. The van der Waals surface area contributed by atoms with Crippen molar-refractivity contribution in [3.05, 3.63) is 18.1 Å². The third-order valence-corrected chi connectivity index (χ3v) is 3.15. The Kier molecular flexibility index (Phi) is 3.03. The summed E-state index contributed by atoms with van der Waals surface area (Å²) in [6.07, 6.45) is 8.30. The smallest absolute Gasteiger partial charge is 0.147 e. The molecular weight excluding hydrogens is 202 g/mol. The van der Waals surface area contributed by atoms with E-state index >= 15 is 0 Å². The van der Waals surface area contributed by atoms with Gasteiger partial charge in [-0.25, -0.2) is 9.97 Å². The molecule has 5 nitrogen and oxygen atoms in total. The molecular formula is C11H17N5. The van der Waals surface area contributed by atoms with Crippen LogP contribution in [0, 0.1) is 5.41 Å². The Morgan fingerprint density at radius 1 is 1.38 bits per heavy atom. The van der Waals surface area contributed by atoms with Crippen LogP contribution in [0.15, 0.2) is 12.4 Å². The van der Waals surface area contributed by atoms with Crippen LogP contribution in [0.25, 0.3) is 0 Å².